The molecular formula is C11H13N5O4. The molecule has 0 amide bonds. The van der Waals surface area contributed by atoms with Crippen LogP contribution >= 0.6 is 0 Å². The maximum absolute atomic E-state index is 10.2. The second kappa shape index (κ2) is 4.13. The monoisotopic (exact) mass is 279 g/mol. The molecular weight excluding hydrogens is 266 g/mol. The molecule has 0 radical (unpaired) electrons. The highest BCUT2D eigenvalue weighted by atomic mass is 16.6. The van der Waals surface area contributed by atoms with Gasteiger partial charge in [0, 0.05) is 0 Å². The van der Waals surface area contributed by atoms with Crippen molar-refractivity contribution in [3.05, 3.63) is 25.0 Å². The number of anilines is 1. The Balaban J connectivity index is 2.23. The second-order valence-corrected chi connectivity index (χ2v) is 4.51. The Labute approximate surface area is 113 Å². The minimum atomic E-state index is -1.65. The first-order valence-electron chi connectivity index (χ1n) is 5.80. The summed E-state index contributed by atoms with van der Waals surface area (Å²) in [5.41, 5.74) is 4.61. The van der Waals surface area contributed by atoms with Gasteiger partial charge in [-0.1, -0.05) is 6.58 Å². The van der Waals surface area contributed by atoms with E-state index in [1.54, 1.807) is 0 Å². The zero-order valence-corrected chi connectivity index (χ0v) is 10.3. The predicted octanol–water partition coefficient (Wildman–Crippen LogP) is -1.68. The van der Waals surface area contributed by atoms with Crippen molar-refractivity contribution in [1.82, 2.24) is 19.5 Å². The van der Waals surface area contributed by atoms with Crippen LogP contribution in [0.1, 0.15) is 0 Å². The molecule has 3 heterocycles. The molecule has 0 saturated carbocycles. The van der Waals surface area contributed by atoms with Crippen molar-refractivity contribution in [3.8, 4) is 0 Å². The molecule has 3 rings (SSSR count). The summed E-state index contributed by atoms with van der Waals surface area (Å²) in [6.45, 7) is 2.89. The summed E-state index contributed by atoms with van der Waals surface area (Å²) in [5, 5.41) is 29.6. The van der Waals surface area contributed by atoms with Crippen molar-refractivity contribution in [1.29, 1.82) is 0 Å². The number of rotatable bonds is 2. The van der Waals surface area contributed by atoms with Crippen LogP contribution < -0.4 is 5.73 Å². The van der Waals surface area contributed by atoms with E-state index >= 15 is 0 Å². The van der Waals surface area contributed by atoms with Crippen LogP contribution in [0.15, 0.2) is 25.0 Å². The lowest BCUT2D eigenvalue weighted by atomic mass is 10.0. The van der Waals surface area contributed by atoms with Gasteiger partial charge in [-0.25, -0.2) is 15.0 Å². The van der Waals surface area contributed by atoms with Crippen LogP contribution in [0.5, 0.6) is 0 Å². The highest BCUT2D eigenvalue weighted by molar-refractivity contribution is 5.81. The van der Waals surface area contributed by atoms with Gasteiger partial charge in [-0.2, -0.15) is 0 Å². The Morgan fingerprint density at radius 3 is 2.75 bits per heavy atom. The molecule has 20 heavy (non-hydrogen) atoms. The van der Waals surface area contributed by atoms with Gasteiger partial charge in [-0.05, 0) is 0 Å². The fourth-order valence-electron chi connectivity index (χ4n) is 2.29. The number of nitrogens with two attached hydrogens (primary N) is 1. The first-order valence-corrected chi connectivity index (χ1v) is 5.80. The van der Waals surface area contributed by atoms with E-state index in [-0.39, 0.29) is 17.2 Å². The van der Waals surface area contributed by atoms with Crippen LogP contribution in [-0.4, -0.2) is 53.7 Å². The number of hydrogen-bond donors (Lipinski definition) is 4. The topological polar surface area (TPSA) is 140 Å². The number of fused-ring (bicyclic) bond motifs is 1. The Morgan fingerprint density at radius 2 is 2.15 bits per heavy atom. The molecule has 5 N–H and O–H groups in total. The largest absolute Gasteiger partial charge is 0.464 e. The molecule has 0 spiro atoms. The molecule has 1 aliphatic heterocycles. The first-order chi connectivity index (χ1) is 9.51. The molecule has 2 aromatic rings. The van der Waals surface area contributed by atoms with E-state index in [9.17, 15) is 15.3 Å². The number of imidazole rings is 1. The van der Waals surface area contributed by atoms with Gasteiger partial charge in [0.2, 0.25) is 5.72 Å². The Hall–Kier alpha value is -2.23. The van der Waals surface area contributed by atoms with E-state index in [4.69, 9.17) is 10.5 Å². The van der Waals surface area contributed by atoms with E-state index in [1.807, 2.05) is 0 Å². The molecule has 9 nitrogen and oxygen atoms in total. The summed E-state index contributed by atoms with van der Waals surface area (Å²) in [7, 11) is 0. The summed E-state index contributed by atoms with van der Waals surface area (Å²) in [6, 6.07) is 0. The molecule has 0 aromatic carbocycles. The van der Waals surface area contributed by atoms with Crippen LogP contribution in [-0.2, 0) is 10.5 Å². The normalized spacial score (nSPS) is 29.9. The van der Waals surface area contributed by atoms with Crippen molar-refractivity contribution >= 4 is 17.0 Å². The zero-order valence-electron chi connectivity index (χ0n) is 10.3. The van der Waals surface area contributed by atoms with Crippen molar-refractivity contribution in [2.45, 2.75) is 17.9 Å². The fourth-order valence-corrected chi connectivity index (χ4v) is 2.29. The lowest BCUT2D eigenvalue weighted by molar-refractivity contribution is -0.140. The molecule has 2 aromatic heterocycles. The summed E-state index contributed by atoms with van der Waals surface area (Å²) in [4.78, 5) is 11.9. The molecule has 1 aliphatic rings. The zero-order chi connectivity index (χ0) is 14.5. The predicted molar refractivity (Wildman–Crippen MR) is 67.0 cm³/mol. The molecule has 3 atom stereocenters. The van der Waals surface area contributed by atoms with Gasteiger partial charge in [0.1, 0.15) is 42.7 Å². The lowest BCUT2D eigenvalue weighted by Crippen LogP contribution is -2.48. The van der Waals surface area contributed by atoms with Crippen LogP contribution in [0, 0.1) is 0 Å². The number of hydrogen-bond acceptors (Lipinski definition) is 8. The highest BCUT2D eigenvalue weighted by Gasteiger charge is 2.54. The standard InChI is InChI=1S/C11H13N5O4/c1-5-7(18)8(19)11(2-17,20-5)16-4-15-6-9(12)13-3-14-10(6)16/h3-4,7-8,17-19H,1-2H2,(H2,12,13,14)/t7-,8+,11-/m0/s1. The van der Waals surface area contributed by atoms with Crippen LogP contribution in [0.2, 0.25) is 0 Å². The van der Waals surface area contributed by atoms with E-state index in [1.165, 1.54) is 17.2 Å². The molecule has 0 aliphatic carbocycles. The fraction of sp³-hybridized carbons (Fsp3) is 0.364. The SMILES string of the molecule is C=C1O[C@](CO)(n2cnc3c(N)ncnc32)[C@H](O)[C@H]1O. The number of aliphatic hydroxyl groups is 3. The van der Waals surface area contributed by atoms with Crippen molar-refractivity contribution in [2.75, 3.05) is 12.3 Å². The first kappa shape index (κ1) is 12.8. The third-order valence-corrected chi connectivity index (χ3v) is 3.40. The van der Waals surface area contributed by atoms with Gasteiger partial charge in [0.05, 0.1) is 0 Å². The third-order valence-electron chi connectivity index (χ3n) is 3.40. The van der Waals surface area contributed by atoms with Crippen molar-refractivity contribution in [2.24, 2.45) is 0 Å². The number of ether oxygens (including phenoxy) is 1. The number of nitrogens with zero attached hydrogens (tertiary/aromatic N) is 4. The molecule has 1 saturated heterocycles. The smallest absolute Gasteiger partial charge is 0.240 e. The highest BCUT2D eigenvalue weighted by Crippen LogP contribution is 2.38. The van der Waals surface area contributed by atoms with Crippen LogP contribution in [0.25, 0.3) is 11.2 Å². The Kier molecular flexibility index (Phi) is 2.64. The molecule has 106 valence electrons. The van der Waals surface area contributed by atoms with Gasteiger partial charge < -0.3 is 25.8 Å². The van der Waals surface area contributed by atoms with Crippen molar-refractivity contribution in [3.63, 3.8) is 0 Å². The van der Waals surface area contributed by atoms with Gasteiger partial charge >= 0.3 is 0 Å². The van der Waals surface area contributed by atoms with E-state index in [0.29, 0.717) is 5.52 Å². The molecule has 1 fully saturated rings. The molecule has 0 unspecified atom stereocenters. The average Bonchev–Trinajstić information content (AvgIpc) is 2.96. The van der Waals surface area contributed by atoms with Crippen molar-refractivity contribution < 1.29 is 20.1 Å². The van der Waals surface area contributed by atoms with Gasteiger partial charge in [0.15, 0.2) is 11.5 Å². The third kappa shape index (κ3) is 1.45. The minimum Gasteiger partial charge on any atom is -0.464 e. The summed E-state index contributed by atoms with van der Waals surface area (Å²) >= 11 is 0. The average molecular weight is 279 g/mol. The minimum absolute atomic E-state index is 0.0459. The van der Waals surface area contributed by atoms with E-state index in [2.05, 4.69) is 21.5 Å². The van der Waals surface area contributed by atoms with Gasteiger partial charge in [-0.3, -0.25) is 4.57 Å². The molecule has 9 heteroatoms. The quantitative estimate of drug-likeness (QED) is 0.511. The summed E-state index contributed by atoms with van der Waals surface area (Å²) < 4.78 is 6.70. The second-order valence-electron chi connectivity index (χ2n) is 4.51. The number of aliphatic hydroxyl groups excluding tert-OH is 3. The summed E-state index contributed by atoms with van der Waals surface area (Å²) in [6.07, 6.45) is -0.207. The van der Waals surface area contributed by atoms with E-state index in [0.717, 1.165) is 0 Å². The number of aromatic nitrogens is 4. The van der Waals surface area contributed by atoms with Crippen LogP contribution in [0.4, 0.5) is 5.82 Å². The van der Waals surface area contributed by atoms with Gasteiger partial charge in [0.25, 0.3) is 0 Å². The lowest BCUT2D eigenvalue weighted by Gasteiger charge is -2.30. The van der Waals surface area contributed by atoms with Gasteiger partial charge in [-0.15, -0.1) is 0 Å². The Bertz CT molecular complexity index is 687. The maximum Gasteiger partial charge on any atom is 0.240 e. The van der Waals surface area contributed by atoms with Crippen LogP contribution in [0.3, 0.4) is 0 Å². The maximum atomic E-state index is 10.2. The molecule has 0 bridgehead atoms. The summed E-state index contributed by atoms with van der Waals surface area (Å²) in [5.74, 6) is 0.115. The Morgan fingerprint density at radius 1 is 1.40 bits per heavy atom. The van der Waals surface area contributed by atoms with E-state index < -0.39 is 24.5 Å². The number of nitrogen functional groups attached to an aromatic ring is 1.